The van der Waals surface area contributed by atoms with Crippen molar-refractivity contribution in [1.29, 1.82) is 0 Å². The monoisotopic (exact) mass is 214 g/mol. The second-order valence-electron chi connectivity index (χ2n) is 3.70. The molecule has 1 amide bonds. The van der Waals surface area contributed by atoms with Gasteiger partial charge >= 0.3 is 0 Å². The summed E-state index contributed by atoms with van der Waals surface area (Å²) in [4.78, 5) is 11.5. The molecule has 1 heterocycles. The van der Waals surface area contributed by atoms with Gasteiger partial charge in [0, 0.05) is 12.7 Å². The Morgan fingerprint density at radius 2 is 2.06 bits per heavy atom. The molecule has 1 aliphatic heterocycles. The van der Waals surface area contributed by atoms with E-state index in [0.29, 0.717) is 0 Å². The van der Waals surface area contributed by atoms with Gasteiger partial charge < -0.3 is 11.1 Å². The van der Waals surface area contributed by atoms with Crippen LogP contribution in [0, 0.1) is 0 Å². The van der Waals surface area contributed by atoms with E-state index >= 15 is 0 Å². The number of carbonyl (C=O) groups excluding carboxylic acids is 1. The van der Waals surface area contributed by atoms with Gasteiger partial charge in [-0.2, -0.15) is 0 Å². The summed E-state index contributed by atoms with van der Waals surface area (Å²) in [5.41, 5.74) is 7.29. The lowest BCUT2D eigenvalue weighted by Crippen LogP contribution is -2.25. The number of primary amides is 1. The fourth-order valence-electron chi connectivity index (χ4n) is 1.83. The summed E-state index contributed by atoms with van der Waals surface area (Å²) in [6.07, 6.45) is 5.77. The van der Waals surface area contributed by atoms with E-state index < -0.39 is 0 Å². The van der Waals surface area contributed by atoms with E-state index in [4.69, 9.17) is 5.73 Å². The molecule has 1 aromatic carbocycles. The molecule has 82 valence electrons. The lowest BCUT2D eigenvalue weighted by molar-refractivity contribution is -0.118. The highest BCUT2D eigenvalue weighted by Crippen LogP contribution is 2.25. The van der Waals surface area contributed by atoms with Crippen molar-refractivity contribution in [3.05, 3.63) is 59.8 Å². The predicted molar refractivity (Wildman–Crippen MR) is 63.6 cm³/mol. The third kappa shape index (κ3) is 2.14. The van der Waals surface area contributed by atoms with E-state index in [1.165, 1.54) is 0 Å². The summed E-state index contributed by atoms with van der Waals surface area (Å²) in [7, 11) is 0. The minimum Gasteiger partial charge on any atom is -0.387 e. The zero-order valence-corrected chi connectivity index (χ0v) is 8.89. The lowest BCUT2D eigenvalue weighted by atomic mass is 9.90. The third-order valence-corrected chi connectivity index (χ3v) is 2.57. The van der Waals surface area contributed by atoms with E-state index in [1.54, 1.807) is 0 Å². The first-order valence-electron chi connectivity index (χ1n) is 5.23. The van der Waals surface area contributed by atoms with Crippen molar-refractivity contribution >= 4 is 5.91 Å². The highest BCUT2D eigenvalue weighted by atomic mass is 16.1. The molecule has 16 heavy (non-hydrogen) atoms. The first-order chi connectivity index (χ1) is 7.79. The van der Waals surface area contributed by atoms with Crippen LogP contribution in [0.4, 0.5) is 0 Å². The minimum atomic E-state index is -0.370. The number of nitrogens with two attached hydrogens (primary N) is 1. The SMILES string of the molecule is NC(=O)C(C1=CNCC=C1)c1ccccc1. The maximum Gasteiger partial charge on any atom is 0.229 e. The summed E-state index contributed by atoms with van der Waals surface area (Å²) < 4.78 is 0. The summed E-state index contributed by atoms with van der Waals surface area (Å²) in [5.74, 6) is -0.698. The number of rotatable bonds is 3. The zero-order valence-electron chi connectivity index (χ0n) is 8.89. The summed E-state index contributed by atoms with van der Waals surface area (Å²) in [5, 5.41) is 3.08. The van der Waals surface area contributed by atoms with Crippen molar-refractivity contribution in [1.82, 2.24) is 5.32 Å². The van der Waals surface area contributed by atoms with Gasteiger partial charge in [0.25, 0.3) is 0 Å². The number of hydrogen-bond donors (Lipinski definition) is 2. The van der Waals surface area contributed by atoms with Crippen LogP contribution in [0.15, 0.2) is 54.3 Å². The van der Waals surface area contributed by atoms with Crippen LogP contribution in [0.2, 0.25) is 0 Å². The van der Waals surface area contributed by atoms with Crippen LogP contribution in [0.25, 0.3) is 0 Å². The Labute approximate surface area is 94.7 Å². The molecule has 3 nitrogen and oxygen atoms in total. The third-order valence-electron chi connectivity index (χ3n) is 2.57. The van der Waals surface area contributed by atoms with Gasteiger partial charge in [-0.1, -0.05) is 42.5 Å². The highest BCUT2D eigenvalue weighted by molar-refractivity contribution is 5.86. The maximum atomic E-state index is 11.5. The molecule has 3 heteroatoms. The molecule has 0 fully saturated rings. The number of hydrogen-bond acceptors (Lipinski definition) is 2. The van der Waals surface area contributed by atoms with E-state index in [2.05, 4.69) is 5.32 Å². The Bertz CT molecular complexity index is 435. The van der Waals surface area contributed by atoms with Crippen molar-refractivity contribution < 1.29 is 4.79 Å². The van der Waals surface area contributed by atoms with Gasteiger partial charge in [-0.15, -0.1) is 0 Å². The molecular weight excluding hydrogens is 200 g/mol. The molecule has 0 spiro atoms. The molecule has 0 radical (unpaired) electrons. The van der Waals surface area contributed by atoms with Gasteiger partial charge in [0.05, 0.1) is 5.92 Å². The molecule has 1 aliphatic rings. The fraction of sp³-hybridized carbons (Fsp3) is 0.154. The topological polar surface area (TPSA) is 55.1 Å². The normalized spacial score (nSPS) is 16.1. The Kier molecular flexibility index (Phi) is 3.05. The summed E-state index contributed by atoms with van der Waals surface area (Å²) in [6, 6.07) is 9.57. The largest absolute Gasteiger partial charge is 0.387 e. The van der Waals surface area contributed by atoms with Crippen molar-refractivity contribution in [3.63, 3.8) is 0 Å². The molecule has 1 aromatic rings. The molecular formula is C13H14N2O. The quantitative estimate of drug-likeness (QED) is 0.796. The van der Waals surface area contributed by atoms with Crippen molar-refractivity contribution in [2.24, 2.45) is 5.73 Å². The molecule has 0 bridgehead atoms. The molecule has 0 aromatic heterocycles. The Morgan fingerprint density at radius 3 is 2.62 bits per heavy atom. The smallest absolute Gasteiger partial charge is 0.229 e. The molecule has 0 aliphatic carbocycles. The van der Waals surface area contributed by atoms with Crippen LogP contribution < -0.4 is 11.1 Å². The van der Waals surface area contributed by atoms with Crippen LogP contribution in [-0.2, 0) is 4.79 Å². The maximum absolute atomic E-state index is 11.5. The second-order valence-corrected chi connectivity index (χ2v) is 3.70. The lowest BCUT2D eigenvalue weighted by Gasteiger charge is -2.17. The van der Waals surface area contributed by atoms with Crippen LogP contribution >= 0.6 is 0 Å². The van der Waals surface area contributed by atoms with Crippen LogP contribution in [0.5, 0.6) is 0 Å². The van der Waals surface area contributed by atoms with E-state index in [-0.39, 0.29) is 11.8 Å². The van der Waals surface area contributed by atoms with E-state index in [9.17, 15) is 4.79 Å². The number of carbonyl (C=O) groups is 1. The highest BCUT2D eigenvalue weighted by Gasteiger charge is 2.21. The first kappa shape index (κ1) is 10.5. The standard InChI is InChI=1S/C13H14N2O/c14-13(16)12(10-5-2-1-3-6-10)11-7-4-8-15-9-11/h1-7,9,12,15H,8H2,(H2,14,16). The van der Waals surface area contributed by atoms with Gasteiger partial charge in [0.15, 0.2) is 0 Å². The number of nitrogens with one attached hydrogen (secondary N) is 1. The Balaban J connectivity index is 2.35. The number of amides is 1. The number of benzene rings is 1. The molecule has 2 rings (SSSR count). The first-order valence-corrected chi connectivity index (χ1v) is 5.23. The van der Waals surface area contributed by atoms with Crippen LogP contribution in [0.1, 0.15) is 11.5 Å². The van der Waals surface area contributed by atoms with Crippen molar-refractivity contribution in [2.75, 3.05) is 6.54 Å². The van der Waals surface area contributed by atoms with E-state index in [0.717, 1.165) is 17.7 Å². The summed E-state index contributed by atoms with van der Waals surface area (Å²) >= 11 is 0. The van der Waals surface area contributed by atoms with Gasteiger partial charge in [-0.25, -0.2) is 0 Å². The van der Waals surface area contributed by atoms with E-state index in [1.807, 2.05) is 48.7 Å². The second kappa shape index (κ2) is 4.66. The molecule has 3 N–H and O–H groups in total. The van der Waals surface area contributed by atoms with Gasteiger partial charge in [-0.05, 0) is 11.1 Å². The van der Waals surface area contributed by atoms with Gasteiger partial charge in [0.2, 0.25) is 5.91 Å². The predicted octanol–water partition coefficient (Wildman–Crippen LogP) is 1.30. The van der Waals surface area contributed by atoms with Crippen molar-refractivity contribution in [3.8, 4) is 0 Å². The molecule has 0 saturated heterocycles. The van der Waals surface area contributed by atoms with Gasteiger partial charge in [-0.3, -0.25) is 4.79 Å². The average molecular weight is 214 g/mol. The molecule has 1 unspecified atom stereocenters. The fourth-order valence-corrected chi connectivity index (χ4v) is 1.83. The van der Waals surface area contributed by atoms with Crippen LogP contribution in [0.3, 0.4) is 0 Å². The molecule has 1 atom stereocenters. The van der Waals surface area contributed by atoms with Crippen LogP contribution in [-0.4, -0.2) is 12.5 Å². The Morgan fingerprint density at radius 1 is 1.31 bits per heavy atom. The summed E-state index contributed by atoms with van der Waals surface area (Å²) in [6.45, 7) is 0.795. The minimum absolute atomic E-state index is 0.328. The molecule has 0 saturated carbocycles. The number of dihydropyridines is 1. The van der Waals surface area contributed by atoms with Gasteiger partial charge in [0.1, 0.15) is 0 Å². The number of allylic oxidation sites excluding steroid dienone is 1. The Hall–Kier alpha value is -2.03. The zero-order chi connectivity index (χ0) is 11.4. The van der Waals surface area contributed by atoms with Crippen molar-refractivity contribution in [2.45, 2.75) is 5.92 Å². The average Bonchev–Trinajstić information content (AvgIpc) is 2.31.